The van der Waals surface area contributed by atoms with Gasteiger partial charge in [-0.05, 0) is 24.7 Å². The molecular formula is C13H18N4. The molecule has 2 rings (SSSR count). The molecule has 1 atom stereocenters. The SMILES string of the molecule is CC1(C)CCCC(Nc2ncncc2C#N)C1. The number of rotatable bonds is 2. The Hall–Kier alpha value is -1.63. The van der Waals surface area contributed by atoms with E-state index < -0.39 is 0 Å². The first-order valence-corrected chi connectivity index (χ1v) is 6.07. The van der Waals surface area contributed by atoms with Crippen LogP contribution in [0.2, 0.25) is 0 Å². The molecule has 1 saturated carbocycles. The Bertz CT molecular complexity index is 433. The number of aromatic nitrogens is 2. The number of nitrogens with one attached hydrogen (secondary N) is 1. The first-order chi connectivity index (χ1) is 8.11. The molecule has 1 aliphatic rings. The first-order valence-electron chi connectivity index (χ1n) is 6.07. The number of hydrogen-bond donors (Lipinski definition) is 1. The van der Waals surface area contributed by atoms with Crippen molar-refractivity contribution in [2.45, 2.75) is 45.6 Å². The van der Waals surface area contributed by atoms with Crippen LogP contribution in [0.15, 0.2) is 12.5 Å². The molecule has 17 heavy (non-hydrogen) atoms. The van der Waals surface area contributed by atoms with Gasteiger partial charge in [0.25, 0.3) is 0 Å². The Labute approximate surface area is 102 Å². The van der Waals surface area contributed by atoms with Gasteiger partial charge in [-0.1, -0.05) is 20.3 Å². The topological polar surface area (TPSA) is 61.6 Å². The predicted octanol–water partition coefficient (Wildman–Crippen LogP) is 2.73. The summed E-state index contributed by atoms with van der Waals surface area (Å²) in [7, 11) is 0. The third-order valence-electron chi connectivity index (χ3n) is 3.38. The van der Waals surface area contributed by atoms with E-state index in [4.69, 9.17) is 5.26 Å². The highest BCUT2D eigenvalue weighted by atomic mass is 15.0. The minimum absolute atomic E-state index is 0.385. The molecule has 0 spiro atoms. The maximum absolute atomic E-state index is 8.98. The number of anilines is 1. The standard InChI is InChI=1S/C13H18N4/c1-13(2)5-3-4-11(6-13)17-12-10(7-14)8-15-9-16-12/h8-9,11H,3-6H2,1-2H3,(H,15,16,17). The summed E-state index contributed by atoms with van der Waals surface area (Å²) >= 11 is 0. The third kappa shape index (κ3) is 2.94. The monoisotopic (exact) mass is 230 g/mol. The fourth-order valence-corrected chi connectivity index (χ4v) is 2.54. The van der Waals surface area contributed by atoms with E-state index in [0.29, 0.717) is 22.8 Å². The highest BCUT2D eigenvalue weighted by molar-refractivity contribution is 5.50. The second kappa shape index (κ2) is 4.70. The van der Waals surface area contributed by atoms with Crippen LogP contribution >= 0.6 is 0 Å². The molecule has 1 unspecified atom stereocenters. The lowest BCUT2D eigenvalue weighted by Crippen LogP contribution is -2.32. The van der Waals surface area contributed by atoms with Gasteiger partial charge in [-0.15, -0.1) is 0 Å². The molecule has 1 aliphatic carbocycles. The predicted molar refractivity (Wildman–Crippen MR) is 66.4 cm³/mol. The van der Waals surface area contributed by atoms with Crippen LogP contribution in [0.5, 0.6) is 0 Å². The maximum Gasteiger partial charge on any atom is 0.147 e. The fraction of sp³-hybridized carbons (Fsp3) is 0.615. The van der Waals surface area contributed by atoms with Gasteiger partial charge in [0, 0.05) is 6.04 Å². The Morgan fingerprint density at radius 2 is 2.35 bits per heavy atom. The van der Waals surface area contributed by atoms with Gasteiger partial charge in [-0.3, -0.25) is 0 Å². The molecule has 0 radical (unpaired) electrons. The van der Waals surface area contributed by atoms with Gasteiger partial charge in [0.2, 0.25) is 0 Å². The van der Waals surface area contributed by atoms with Crippen molar-refractivity contribution in [3.05, 3.63) is 18.1 Å². The summed E-state index contributed by atoms with van der Waals surface area (Å²) in [4.78, 5) is 8.01. The fourth-order valence-electron chi connectivity index (χ4n) is 2.54. The van der Waals surface area contributed by atoms with Crippen molar-refractivity contribution in [1.29, 1.82) is 5.26 Å². The number of nitrogens with zero attached hydrogens (tertiary/aromatic N) is 3. The van der Waals surface area contributed by atoms with E-state index in [1.54, 1.807) is 6.20 Å². The van der Waals surface area contributed by atoms with Crippen LogP contribution in [0, 0.1) is 16.7 Å². The molecule has 1 fully saturated rings. The summed E-state index contributed by atoms with van der Waals surface area (Å²) in [6, 6.07) is 2.54. The summed E-state index contributed by atoms with van der Waals surface area (Å²) in [6.07, 6.45) is 7.83. The van der Waals surface area contributed by atoms with Gasteiger partial charge >= 0.3 is 0 Å². The second-order valence-electron chi connectivity index (χ2n) is 5.50. The van der Waals surface area contributed by atoms with Crippen molar-refractivity contribution in [3.63, 3.8) is 0 Å². The molecule has 1 heterocycles. The Morgan fingerprint density at radius 3 is 3.06 bits per heavy atom. The third-order valence-corrected chi connectivity index (χ3v) is 3.38. The van der Waals surface area contributed by atoms with Crippen LogP contribution in [0.4, 0.5) is 5.82 Å². The molecule has 1 aromatic heterocycles. The summed E-state index contributed by atoms with van der Waals surface area (Å²) < 4.78 is 0. The van der Waals surface area contributed by atoms with Crippen molar-refractivity contribution < 1.29 is 0 Å². The summed E-state index contributed by atoms with van der Waals surface area (Å²) in [5.74, 6) is 0.671. The zero-order chi connectivity index (χ0) is 12.3. The van der Waals surface area contributed by atoms with E-state index in [2.05, 4.69) is 35.2 Å². The number of nitriles is 1. The van der Waals surface area contributed by atoms with Crippen LogP contribution in [-0.2, 0) is 0 Å². The average molecular weight is 230 g/mol. The van der Waals surface area contributed by atoms with E-state index in [-0.39, 0.29) is 0 Å². The summed E-state index contributed by atoms with van der Waals surface area (Å²) in [5.41, 5.74) is 0.909. The molecule has 4 heteroatoms. The van der Waals surface area contributed by atoms with Crippen molar-refractivity contribution in [2.24, 2.45) is 5.41 Å². The first kappa shape index (κ1) is 11.8. The minimum Gasteiger partial charge on any atom is -0.366 e. The van der Waals surface area contributed by atoms with Gasteiger partial charge in [0.05, 0.1) is 6.20 Å². The van der Waals surface area contributed by atoms with E-state index in [1.165, 1.54) is 19.2 Å². The molecule has 1 N–H and O–H groups in total. The smallest absolute Gasteiger partial charge is 0.147 e. The summed E-state index contributed by atoms with van der Waals surface area (Å²) in [6.45, 7) is 4.60. The molecule has 90 valence electrons. The van der Waals surface area contributed by atoms with Gasteiger partial charge in [0.1, 0.15) is 23.8 Å². The van der Waals surface area contributed by atoms with E-state index in [9.17, 15) is 0 Å². The lowest BCUT2D eigenvalue weighted by molar-refractivity contribution is 0.229. The minimum atomic E-state index is 0.385. The molecule has 1 aromatic rings. The lowest BCUT2D eigenvalue weighted by atomic mass is 9.75. The van der Waals surface area contributed by atoms with Gasteiger partial charge in [-0.2, -0.15) is 5.26 Å². The van der Waals surface area contributed by atoms with Crippen LogP contribution in [-0.4, -0.2) is 16.0 Å². The van der Waals surface area contributed by atoms with Gasteiger partial charge < -0.3 is 5.32 Å². The van der Waals surface area contributed by atoms with Crippen LogP contribution in [0.25, 0.3) is 0 Å². The van der Waals surface area contributed by atoms with E-state index in [0.717, 1.165) is 12.8 Å². The molecule has 0 bridgehead atoms. The quantitative estimate of drug-likeness (QED) is 0.848. The molecular weight excluding hydrogens is 212 g/mol. The maximum atomic E-state index is 8.98. The van der Waals surface area contributed by atoms with Crippen LogP contribution in [0.1, 0.15) is 45.1 Å². The molecule has 4 nitrogen and oxygen atoms in total. The molecule has 0 aromatic carbocycles. The van der Waals surface area contributed by atoms with E-state index in [1.807, 2.05) is 0 Å². The number of hydrogen-bond acceptors (Lipinski definition) is 4. The largest absolute Gasteiger partial charge is 0.366 e. The zero-order valence-electron chi connectivity index (χ0n) is 10.4. The highest BCUT2D eigenvalue weighted by Gasteiger charge is 2.28. The molecule has 0 saturated heterocycles. The van der Waals surface area contributed by atoms with E-state index >= 15 is 0 Å². The molecule has 0 aliphatic heterocycles. The van der Waals surface area contributed by atoms with Crippen molar-refractivity contribution in [1.82, 2.24) is 9.97 Å². The normalized spacial score (nSPS) is 22.8. The second-order valence-corrected chi connectivity index (χ2v) is 5.50. The Kier molecular flexibility index (Phi) is 3.28. The van der Waals surface area contributed by atoms with Crippen molar-refractivity contribution in [3.8, 4) is 6.07 Å². The van der Waals surface area contributed by atoms with Crippen molar-refractivity contribution in [2.75, 3.05) is 5.32 Å². The van der Waals surface area contributed by atoms with Gasteiger partial charge in [0.15, 0.2) is 0 Å². The van der Waals surface area contributed by atoms with Crippen LogP contribution < -0.4 is 5.32 Å². The van der Waals surface area contributed by atoms with Gasteiger partial charge in [-0.25, -0.2) is 9.97 Å². The Morgan fingerprint density at radius 1 is 1.53 bits per heavy atom. The zero-order valence-corrected chi connectivity index (χ0v) is 10.4. The molecule has 0 amide bonds. The Balaban J connectivity index is 2.08. The van der Waals surface area contributed by atoms with Crippen molar-refractivity contribution >= 4 is 5.82 Å². The average Bonchev–Trinajstić information content (AvgIpc) is 2.28. The summed E-state index contributed by atoms with van der Waals surface area (Å²) in [5, 5.41) is 12.4. The lowest BCUT2D eigenvalue weighted by Gasteiger charge is -2.35. The highest BCUT2D eigenvalue weighted by Crippen LogP contribution is 2.36. The van der Waals surface area contributed by atoms with Crippen LogP contribution in [0.3, 0.4) is 0 Å².